The predicted octanol–water partition coefficient (Wildman–Crippen LogP) is 6.47. The Morgan fingerprint density at radius 1 is 0.857 bits per heavy atom. The Morgan fingerprint density at radius 3 is 2.05 bits per heavy atom. The van der Waals surface area contributed by atoms with Crippen LogP contribution < -0.4 is 4.52 Å². The van der Waals surface area contributed by atoms with Crippen molar-refractivity contribution >= 4 is 8.69 Å². The first-order chi connectivity index (χ1) is 10.4. The molecule has 0 fully saturated rings. The Morgan fingerprint density at radius 2 is 1.43 bits per heavy atom. The van der Waals surface area contributed by atoms with Crippen LogP contribution in [0.2, 0.25) is 0 Å². The molecule has 0 heterocycles. The third-order valence-corrected chi connectivity index (χ3v) is 4.23. The number of rotatable bonds is 13. The zero-order valence-electron chi connectivity index (χ0n) is 13.4. The first-order valence-corrected chi connectivity index (χ1v) is 9.32. The lowest BCUT2D eigenvalue weighted by molar-refractivity contribution is 0.519. The highest BCUT2D eigenvalue weighted by Crippen LogP contribution is 2.23. The van der Waals surface area contributed by atoms with Gasteiger partial charge in [-0.15, -0.1) is 0 Å². The summed E-state index contributed by atoms with van der Waals surface area (Å²) in [5.41, 5.74) is 1.18. The van der Waals surface area contributed by atoms with E-state index in [-0.39, 0.29) is 0 Å². The van der Waals surface area contributed by atoms with Gasteiger partial charge in [-0.3, -0.25) is 4.52 Å². The van der Waals surface area contributed by atoms with E-state index in [1.165, 1.54) is 69.8 Å². The van der Waals surface area contributed by atoms with Crippen LogP contribution in [-0.4, -0.2) is 0 Å². The average molecular weight is 309 g/mol. The molecule has 21 heavy (non-hydrogen) atoms. The van der Waals surface area contributed by atoms with Gasteiger partial charge < -0.3 is 0 Å². The summed E-state index contributed by atoms with van der Waals surface area (Å²) < 4.78 is 15.8. The molecule has 1 aromatic rings. The van der Waals surface area contributed by atoms with Crippen molar-refractivity contribution in [3.63, 3.8) is 0 Å². The summed E-state index contributed by atoms with van der Waals surface area (Å²) in [5, 5.41) is 0. The molecule has 1 unspecified atom stereocenters. The molecule has 0 saturated heterocycles. The van der Waals surface area contributed by atoms with Crippen LogP contribution in [0, 0.1) is 0 Å². The Balaban J connectivity index is 2.03. The van der Waals surface area contributed by atoms with Crippen LogP contribution in [0.15, 0.2) is 24.3 Å². The Labute approximate surface area is 131 Å². The summed E-state index contributed by atoms with van der Waals surface area (Å²) in [7, 11) is -0.714. The third-order valence-electron chi connectivity index (χ3n) is 3.92. The first kappa shape index (κ1) is 18.2. The topological polar surface area (TPSA) is 26.3 Å². The van der Waals surface area contributed by atoms with Crippen LogP contribution in [0.25, 0.3) is 0 Å². The van der Waals surface area contributed by atoms with Crippen molar-refractivity contribution in [3.8, 4) is 5.75 Å². The van der Waals surface area contributed by atoms with Gasteiger partial charge >= 0.3 is 8.69 Å². The van der Waals surface area contributed by atoms with E-state index in [1.54, 1.807) is 0 Å². The van der Waals surface area contributed by atoms with Gasteiger partial charge in [-0.05, 0) is 23.5 Å². The van der Waals surface area contributed by atoms with Crippen molar-refractivity contribution < 1.29 is 9.09 Å². The highest BCUT2D eigenvalue weighted by Gasteiger charge is 2.06. The molecular weight excluding hydrogens is 279 g/mol. The molecule has 0 aliphatic heterocycles. The molecule has 0 aliphatic rings. The van der Waals surface area contributed by atoms with E-state index in [0.29, 0.717) is 0 Å². The number of unbranched alkanes of at least 4 members (excludes halogenated alkanes) is 9. The van der Waals surface area contributed by atoms with E-state index >= 15 is 0 Å². The van der Waals surface area contributed by atoms with Gasteiger partial charge in [0.1, 0.15) is 0 Å². The van der Waals surface area contributed by atoms with E-state index in [2.05, 4.69) is 13.0 Å². The zero-order chi connectivity index (χ0) is 15.2. The van der Waals surface area contributed by atoms with Crippen LogP contribution >= 0.6 is 8.69 Å². The Kier molecular flexibility index (Phi) is 11.1. The summed E-state index contributed by atoms with van der Waals surface area (Å²) in [6.07, 6.45) is 14.5. The minimum absolute atomic E-state index is 0.714. The van der Waals surface area contributed by atoms with Crippen molar-refractivity contribution in [3.05, 3.63) is 29.8 Å². The minimum Gasteiger partial charge on any atom is -0.256 e. The van der Waals surface area contributed by atoms with Crippen LogP contribution in [0.5, 0.6) is 5.75 Å². The molecule has 0 spiro atoms. The molecule has 0 aromatic heterocycles. The normalized spacial score (nSPS) is 10.9. The third kappa shape index (κ3) is 8.88. The van der Waals surface area contributed by atoms with E-state index in [4.69, 9.17) is 4.52 Å². The zero-order valence-corrected chi connectivity index (χ0v) is 14.4. The fraction of sp³-hybridized carbons (Fsp3) is 0.667. The van der Waals surface area contributed by atoms with Crippen LogP contribution in [0.1, 0.15) is 76.7 Å². The predicted molar refractivity (Wildman–Crippen MR) is 91.6 cm³/mol. The highest BCUT2D eigenvalue weighted by molar-refractivity contribution is 7.17. The van der Waals surface area contributed by atoms with Gasteiger partial charge in [-0.1, -0.05) is 82.9 Å². The quantitative estimate of drug-likeness (QED) is 0.308. The fourth-order valence-corrected chi connectivity index (χ4v) is 2.95. The van der Waals surface area contributed by atoms with Crippen molar-refractivity contribution in [1.29, 1.82) is 0 Å². The maximum atomic E-state index is 10.6. The molecular formula is C18H30O2P+. The molecule has 1 atom stereocenters. The van der Waals surface area contributed by atoms with Crippen LogP contribution in [-0.2, 0) is 11.0 Å². The maximum Gasteiger partial charge on any atom is 0.542 e. The van der Waals surface area contributed by atoms with Crippen molar-refractivity contribution in [2.24, 2.45) is 0 Å². The number of benzene rings is 1. The van der Waals surface area contributed by atoms with Gasteiger partial charge in [0.15, 0.2) is 5.75 Å². The Hall–Kier alpha value is -0.880. The molecule has 0 bridgehead atoms. The van der Waals surface area contributed by atoms with Crippen molar-refractivity contribution in [2.45, 2.75) is 77.6 Å². The van der Waals surface area contributed by atoms with Gasteiger partial charge in [-0.2, -0.15) is 0 Å². The number of aryl methyl sites for hydroxylation is 1. The number of hydrogen-bond donors (Lipinski definition) is 0. The molecule has 1 aromatic carbocycles. The van der Waals surface area contributed by atoms with E-state index in [9.17, 15) is 4.57 Å². The summed E-state index contributed by atoms with van der Waals surface area (Å²) in [6.45, 7) is 2.26. The van der Waals surface area contributed by atoms with Gasteiger partial charge in [0.05, 0.1) is 0 Å². The fourth-order valence-electron chi connectivity index (χ4n) is 2.66. The standard InChI is InChI=1S/C18H30O2P/c1-2-3-4-5-6-7-8-9-10-11-14-17-15-12-13-16-18(17)20-21-19/h12-13,15-16,21H,2-11,14H2,1H3/q+1. The van der Waals surface area contributed by atoms with Gasteiger partial charge in [0, 0.05) is 5.56 Å². The molecule has 3 heteroatoms. The van der Waals surface area contributed by atoms with E-state index in [1.807, 2.05) is 18.2 Å². The molecule has 118 valence electrons. The second-order valence-electron chi connectivity index (χ2n) is 5.73. The second kappa shape index (κ2) is 12.8. The van der Waals surface area contributed by atoms with Gasteiger partial charge in [0.2, 0.25) is 0 Å². The average Bonchev–Trinajstić information content (AvgIpc) is 2.51. The summed E-state index contributed by atoms with van der Waals surface area (Å²) in [4.78, 5) is 0. The smallest absolute Gasteiger partial charge is 0.256 e. The van der Waals surface area contributed by atoms with Crippen molar-refractivity contribution in [1.82, 2.24) is 0 Å². The van der Waals surface area contributed by atoms with Crippen molar-refractivity contribution in [2.75, 3.05) is 0 Å². The lowest BCUT2D eigenvalue weighted by Gasteiger charge is -2.04. The minimum atomic E-state index is -0.714. The molecule has 0 saturated carbocycles. The molecule has 0 amide bonds. The van der Waals surface area contributed by atoms with Crippen LogP contribution in [0.4, 0.5) is 0 Å². The molecule has 0 radical (unpaired) electrons. The lowest BCUT2D eigenvalue weighted by atomic mass is 10.0. The Bertz CT molecular complexity index is 379. The highest BCUT2D eigenvalue weighted by atomic mass is 31.1. The summed E-state index contributed by atoms with van der Waals surface area (Å²) in [5.74, 6) is 0.779. The molecule has 0 aliphatic carbocycles. The largest absolute Gasteiger partial charge is 0.542 e. The summed E-state index contributed by atoms with van der Waals surface area (Å²) in [6, 6.07) is 7.92. The maximum absolute atomic E-state index is 10.6. The van der Waals surface area contributed by atoms with E-state index in [0.717, 1.165) is 12.2 Å². The monoisotopic (exact) mass is 309 g/mol. The van der Waals surface area contributed by atoms with Gasteiger partial charge in [-0.25, -0.2) is 0 Å². The van der Waals surface area contributed by atoms with E-state index < -0.39 is 8.69 Å². The second-order valence-corrected chi connectivity index (χ2v) is 6.10. The SMILES string of the molecule is CCCCCCCCCCCCc1ccccc1O[PH+]=O. The lowest BCUT2D eigenvalue weighted by Crippen LogP contribution is -1.90. The number of hydrogen-bond acceptors (Lipinski definition) is 2. The van der Waals surface area contributed by atoms with Gasteiger partial charge in [0.25, 0.3) is 0 Å². The van der Waals surface area contributed by atoms with Crippen LogP contribution in [0.3, 0.4) is 0 Å². The molecule has 1 rings (SSSR count). The molecule has 2 nitrogen and oxygen atoms in total. The molecule has 0 N–H and O–H groups in total. The first-order valence-electron chi connectivity index (χ1n) is 8.50. The number of para-hydroxylation sites is 1. The summed E-state index contributed by atoms with van der Waals surface area (Å²) >= 11 is 0.